The molecule has 2 aromatic rings. The topological polar surface area (TPSA) is 54.9 Å². The first-order chi connectivity index (χ1) is 14.1. The molecule has 2 N–H and O–H groups in total. The van der Waals surface area contributed by atoms with Crippen LogP contribution in [0, 0.1) is 6.92 Å². The molecule has 5 nitrogen and oxygen atoms in total. The third kappa shape index (κ3) is 5.88. The molecule has 0 amide bonds. The predicted molar refractivity (Wildman–Crippen MR) is 134 cm³/mol. The largest absolute Gasteiger partial charge is 0.496 e. The zero-order valence-corrected chi connectivity index (χ0v) is 20.7. The zero-order valence-electron chi connectivity index (χ0n) is 18.4. The molecule has 3 rings (SSSR count). The summed E-state index contributed by atoms with van der Waals surface area (Å²) in [5.41, 5.74) is 3.68. The van der Waals surface area contributed by atoms with Crippen molar-refractivity contribution >= 4 is 29.9 Å². The number of hydrogen-bond acceptors (Lipinski definition) is 3. The fourth-order valence-corrected chi connectivity index (χ4v) is 4.02. The van der Waals surface area contributed by atoms with E-state index in [1.807, 2.05) is 13.1 Å². The number of nitrogens with zero attached hydrogens (tertiary/aromatic N) is 1. The van der Waals surface area contributed by atoms with Gasteiger partial charge in [-0.1, -0.05) is 48.0 Å². The predicted octanol–water partition coefficient (Wildman–Crippen LogP) is 4.60. The van der Waals surface area contributed by atoms with Gasteiger partial charge in [-0.2, -0.15) is 0 Å². The van der Waals surface area contributed by atoms with E-state index in [1.165, 1.54) is 16.7 Å². The van der Waals surface area contributed by atoms with E-state index in [0.717, 1.165) is 44.3 Å². The Kier molecular flexibility index (Phi) is 9.42. The molecule has 1 heterocycles. The van der Waals surface area contributed by atoms with Crippen molar-refractivity contribution in [3.05, 3.63) is 65.2 Å². The van der Waals surface area contributed by atoms with Crippen molar-refractivity contribution < 1.29 is 9.47 Å². The molecule has 0 radical (unpaired) electrons. The van der Waals surface area contributed by atoms with E-state index in [1.54, 1.807) is 7.11 Å². The first-order valence-electron chi connectivity index (χ1n) is 10.3. The molecular formula is C24H34IN3O2. The molecule has 1 aliphatic heterocycles. The summed E-state index contributed by atoms with van der Waals surface area (Å²) in [6, 6.07) is 17.0. The number of methoxy groups -OCH3 is 1. The van der Waals surface area contributed by atoms with Crippen molar-refractivity contribution in [3.63, 3.8) is 0 Å². The maximum atomic E-state index is 5.72. The lowest BCUT2D eigenvalue weighted by atomic mass is 9.73. The Bertz CT molecular complexity index is 820. The van der Waals surface area contributed by atoms with Crippen molar-refractivity contribution in [2.45, 2.75) is 38.1 Å². The number of hydrogen-bond donors (Lipinski definition) is 2. The number of guanidine groups is 1. The quantitative estimate of drug-likeness (QED) is 0.330. The van der Waals surface area contributed by atoms with E-state index >= 15 is 0 Å². The smallest absolute Gasteiger partial charge is 0.191 e. The fraction of sp³-hybridized carbons (Fsp3) is 0.458. The summed E-state index contributed by atoms with van der Waals surface area (Å²) >= 11 is 0. The third-order valence-electron chi connectivity index (χ3n) is 5.85. The average Bonchev–Trinajstić information content (AvgIpc) is 2.77. The molecule has 0 spiro atoms. The van der Waals surface area contributed by atoms with Crippen LogP contribution in [-0.4, -0.2) is 39.9 Å². The summed E-state index contributed by atoms with van der Waals surface area (Å²) in [6.07, 6.45) is 1.90. The Balaban J connectivity index is 0.00000320. The third-order valence-corrected chi connectivity index (χ3v) is 5.85. The normalized spacial score (nSPS) is 16.9. The maximum absolute atomic E-state index is 5.72. The number of benzene rings is 2. The Hall–Kier alpha value is -1.80. The SMILES string of the molecule is CN=C(NCC1(c2cc(C)ccc2OC)CCOCC1)NC(C)c1ccccc1.I. The van der Waals surface area contributed by atoms with Crippen LogP contribution in [0.4, 0.5) is 0 Å². The first-order valence-corrected chi connectivity index (χ1v) is 10.3. The molecule has 0 aromatic heterocycles. The number of ether oxygens (including phenoxy) is 2. The second-order valence-electron chi connectivity index (χ2n) is 7.80. The molecule has 1 aliphatic rings. The molecule has 1 saturated heterocycles. The number of aliphatic imine (C=N–C) groups is 1. The van der Waals surface area contributed by atoms with Crippen molar-refractivity contribution in [1.82, 2.24) is 10.6 Å². The average molecular weight is 523 g/mol. The standard InChI is InChI=1S/C24H33N3O2.HI/c1-18-10-11-22(28-4)21(16-18)24(12-14-29-15-13-24)17-26-23(25-3)27-19(2)20-8-6-5-7-9-20;/h5-11,16,19H,12-15,17H2,1-4H3,(H2,25,26,27);1H. The number of nitrogens with one attached hydrogen (secondary N) is 2. The second kappa shape index (κ2) is 11.6. The molecule has 164 valence electrons. The fourth-order valence-electron chi connectivity index (χ4n) is 4.02. The Morgan fingerprint density at radius 3 is 2.50 bits per heavy atom. The lowest BCUT2D eigenvalue weighted by molar-refractivity contribution is 0.0505. The molecule has 1 atom stereocenters. The summed E-state index contributed by atoms with van der Waals surface area (Å²) in [5, 5.41) is 7.09. The summed E-state index contributed by atoms with van der Waals surface area (Å²) in [4.78, 5) is 4.45. The van der Waals surface area contributed by atoms with Gasteiger partial charge in [0.25, 0.3) is 0 Å². The van der Waals surface area contributed by atoms with Gasteiger partial charge in [0.05, 0.1) is 13.2 Å². The van der Waals surface area contributed by atoms with E-state index < -0.39 is 0 Å². The minimum absolute atomic E-state index is 0. The minimum atomic E-state index is -0.0524. The van der Waals surface area contributed by atoms with Crippen LogP contribution >= 0.6 is 24.0 Å². The van der Waals surface area contributed by atoms with E-state index in [4.69, 9.17) is 9.47 Å². The van der Waals surface area contributed by atoms with Crippen LogP contribution in [-0.2, 0) is 10.2 Å². The highest BCUT2D eigenvalue weighted by atomic mass is 127. The van der Waals surface area contributed by atoms with Crippen molar-refractivity contribution in [1.29, 1.82) is 0 Å². The number of rotatable bonds is 6. The Labute approximate surface area is 197 Å². The Morgan fingerprint density at radius 1 is 1.17 bits per heavy atom. The second-order valence-corrected chi connectivity index (χ2v) is 7.80. The van der Waals surface area contributed by atoms with Crippen LogP contribution in [0.15, 0.2) is 53.5 Å². The van der Waals surface area contributed by atoms with E-state index in [0.29, 0.717) is 0 Å². The molecule has 0 bridgehead atoms. The van der Waals surface area contributed by atoms with Gasteiger partial charge in [0.1, 0.15) is 5.75 Å². The molecule has 1 unspecified atom stereocenters. The van der Waals surface area contributed by atoms with E-state index in [2.05, 4.69) is 71.9 Å². The van der Waals surface area contributed by atoms with Crippen LogP contribution < -0.4 is 15.4 Å². The monoisotopic (exact) mass is 523 g/mol. The number of aryl methyl sites for hydroxylation is 1. The lowest BCUT2D eigenvalue weighted by Crippen LogP contribution is -2.48. The van der Waals surface area contributed by atoms with Gasteiger partial charge in [0.15, 0.2) is 5.96 Å². The van der Waals surface area contributed by atoms with Gasteiger partial charge < -0.3 is 20.1 Å². The van der Waals surface area contributed by atoms with Crippen LogP contribution in [0.3, 0.4) is 0 Å². The maximum Gasteiger partial charge on any atom is 0.191 e. The zero-order chi connectivity index (χ0) is 20.7. The van der Waals surface area contributed by atoms with Gasteiger partial charge in [-0.15, -0.1) is 24.0 Å². The summed E-state index contributed by atoms with van der Waals surface area (Å²) in [5.74, 6) is 1.75. The highest BCUT2D eigenvalue weighted by molar-refractivity contribution is 14.0. The summed E-state index contributed by atoms with van der Waals surface area (Å²) in [6.45, 7) is 6.56. The molecule has 6 heteroatoms. The molecule has 0 saturated carbocycles. The van der Waals surface area contributed by atoms with Gasteiger partial charge in [-0.05, 0) is 38.3 Å². The molecule has 30 heavy (non-hydrogen) atoms. The Morgan fingerprint density at radius 2 is 1.87 bits per heavy atom. The van der Waals surface area contributed by atoms with Crippen LogP contribution in [0.1, 0.15) is 42.5 Å². The minimum Gasteiger partial charge on any atom is -0.496 e. The van der Waals surface area contributed by atoms with Crippen molar-refractivity contribution in [2.75, 3.05) is 33.9 Å². The molecule has 0 aliphatic carbocycles. The first kappa shape index (κ1) is 24.5. The van der Waals surface area contributed by atoms with Gasteiger partial charge in [0.2, 0.25) is 0 Å². The molecule has 2 aromatic carbocycles. The van der Waals surface area contributed by atoms with Gasteiger partial charge >= 0.3 is 0 Å². The lowest BCUT2D eigenvalue weighted by Gasteiger charge is -2.39. The van der Waals surface area contributed by atoms with E-state index in [-0.39, 0.29) is 35.4 Å². The van der Waals surface area contributed by atoms with Crippen LogP contribution in [0.2, 0.25) is 0 Å². The molecular weight excluding hydrogens is 489 g/mol. The summed E-state index contributed by atoms with van der Waals surface area (Å²) in [7, 11) is 3.56. The highest BCUT2D eigenvalue weighted by Crippen LogP contribution is 2.40. The van der Waals surface area contributed by atoms with Gasteiger partial charge in [-0.3, -0.25) is 4.99 Å². The van der Waals surface area contributed by atoms with Crippen molar-refractivity contribution in [3.8, 4) is 5.75 Å². The molecule has 1 fully saturated rings. The summed E-state index contributed by atoms with van der Waals surface area (Å²) < 4.78 is 11.4. The van der Waals surface area contributed by atoms with Crippen LogP contribution in [0.5, 0.6) is 5.75 Å². The van der Waals surface area contributed by atoms with Gasteiger partial charge in [-0.25, -0.2) is 0 Å². The van der Waals surface area contributed by atoms with Crippen molar-refractivity contribution in [2.24, 2.45) is 4.99 Å². The van der Waals surface area contributed by atoms with Gasteiger partial charge in [0, 0.05) is 37.8 Å². The highest BCUT2D eigenvalue weighted by Gasteiger charge is 2.37. The van der Waals surface area contributed by atoms with Crippen LogP contribution in [0.25, 0.3) is 0 Å². The number of halogens is 1. The van der Waals surface area contributed by atoms with E-state index in [9.17, 15) is 0 Å².